The third-order valence-corrected chi connectivity index (χ3v) is 4.47. The molecule has 0 bridgehead atoms. The van der Waals surface area contributed by atoms with Crippen LogP contribution in [0.5, 0.6) is 0 Å². The van der Waals surface area contributed by atoms with Gasteiger partial charge in [-0.25, -0.2) is 9.97 Å². The Hall–Kier alpha value is -3.48. The molecule has 1 heterocycles. The number of hydrogen-bond donors (Lipinski definition) is 0. The van der Waals surface area contributed by atoms with E-state index in [2.05, 4.69) is 16.0 Å². The quantitative estimate of drug-likeness (QED) is 0.417. The number of rotatable bonds is 3. The lowest BCUT2D eigenvalue weighted by molar-refractivity contribution is 1.18. The van der Waals surface area contributed by atoms with Gasteiger partial charge in [-0.1, -0.05) is 66.7 Å². The Kier molecular flexibility index (Phi) is 4.65. The Morgan fingerprint density at radius 2 is 1.11 bits per heavy atom. The van der Waals surface area contributed by atoms with Crippen LogP contribution in [0, 0.1) is 11.3 Å². The van der Waals surface area contributed by atoms with Crippen LogP contribution in [-0.2, 0) is 0 Å². The highest BCUT2D eigenvalue weighted by Gasteiger charge is 2.08. The van der Waals surface area contributed by atoms with E-state index in [-0.39, 0.29) is 5.28 Å². The molecule has 27 heavy (non-hydrogen) atoms. The summed E-state index contributed by atoms with van der Waals surface area (Å²) in [6.07, 6.45) is 0. The zero-order chi connectivity index (χ0) is 18.6. The molecule has 4 heteroatoms. The van der Waals surface area contributed by atoms with Crippen molar-refractivity contribution < 1.29 is 0 Å². The van der Waals surface area contributed by atoms with E-state index in [0.29, 0.717) is 5.56 Å². The van der Waals surface area contributed by atoms with Crippen molar-refractivity contribution in [2.45, 2.75) is 0 Å². The van der Waals surface area contributed by atoms with Gasteiger partial charge in [0.05, 0.1) is 23.0 Å². The fourth-order valence-electron chi connectivity index (χ4n) is 2.89. The normalized spacial score (nSPS) is 10.4. The van der Waals surface area contributed by atoms with E-state index in [1.165, 1.54) is 0 Å². The number of benzene rings is 3. The molecule has 3 nitrogen and oxygen atoms in total. The van der Waals surface area contributed by atoms with Crippen molar-refractivity contribution in [1.82, 2.24) is 9.97 Å². The van der Waals surface area contributed by atoms with Crippen molar-refractivity contribution in [3.8, 4) is 39.7 Å². The van der Waals surface area contributed by atoms with Crippen LogP contribution in [0.25, 0.3) is 33.6 Å². The van der Waals surface area contributed by atoms with E-state index in [9.17, 15) is 0 Å². The maximum Gasteiger partial charge on any atom is 0.223 e. The van der Waals surface area contributed by atoms with Crippen LogP contribution < -0.4 is 0 Å². The maximum atomic E-state index is 8.92. The Morgan fingerprint density at radius 1 is 0.630 bits per heavy atom. The fraction of sp³-hybridized carbons (Fsp3) is 0. The number of halogens is 1. The number of nitriles is 1. The fourth-order valence-corrected chi connectivity index (χ4v) is 3.08. The van der Waals surface area contributed by atoms with E-state index in [1.807, 2.05) is 84.9 Å². The lowest BCUT2D eigenvalue weighted by Crippen LogP contribution is -1.92. The topological polar surface area (TPSA) is 49.6 Å². The van der Waals surface area contributed by atoms with Crippen LogP contribution in [0.2, 0.25) is 5.28 Å². The molecule has 0 fully saturated rings. The SMILES string of the molecule is N#Cc1ccc(-c2ccc(-c3cc(-c4ccccc4)nc(Cl)n3)cc2)cc1. The second-order valence-corrected chi connectivity index (χ2v) is 6.38. The largest absolute Gasteiger partial charge is 0.223 e. The first-order valence-corrected chi connectivity index (χ1v) is 8.82. The lowest BCUT2D eigenvalue weighted by atomic mass is 10.0. The summed E-state index contributed by atoms with van der Waals surface area (Å²) in [6.45, 7) is 0. The Labute approximate surface area is 162 Å². The summed E-state index contributed by atoms with van der Waals surface area (Å²) in [5.74, 6) is 0. The Balaban J connectivity index is 1.68. The van der Waals surface area contributed by atoms with Gasteiger partial charge in [0.1, 0.15) is 0 Å². The molecule has 0 spiro atoms. The molecule has 0 N–H and O–H groups in total. The standard InChI is InChI=1S/C23H14ClN3/c24-23-26-21(19-4-2-1-3-5-19)14-22(27-23)20-12-10-18(11-13-20)17-8-6-16(15-25)7-9-17/h1-14H. The van der Waals surface area contributed by atoms with Crippen LogP contribution in [0.4, 0.5) is 0 Å². The van der Waals surface area contributed by atoms with Gasteiger partial charge in [-0.2, -0.15) is 5.26 Å². The van der Waals surface area contributed by atoms with Crippen molar-refractivity contribution in [3.05, 3.63) is 95.8 Å². The molecule has 3 aromatic carbocycles. The lowest BCUT2D eigenvalue weighted by Gasteiger charge is -2.07. The molecule has 0 saturated heterocycles. The predicted molar refractivity (Wildman–Crippen MR) is 108 cm³/mol. The summed E-state index contributed by atoms with van der Waals surface area (Å²) < 4.78 is 0. The summed E-state index contributed by atoms with van der Waals surface area (Å²) >= 11 is 6.16. The highest BCUT2D eigenvalue weighted by molar-refractivity contribution is 6.28. The van der Waals surface area contributed by atoms with Crippen molar-refractivity contribution in [2.24, 2.45) is 0 Å². The maximum absolute atomic E-state index is 8.92. The number of hydrogen-bond acceptors (Lipinski definition) is 3. The number of aromatic nitrogens is 2. The third kappa shape index (κ3) is 3.72. The first-order chi connectivity index (χ1) is 13.2. The summed E-state index contributed by atoms with van der Waals surface area (Å²) in [6, 6.07) is 29.6. The molecule has 0 radical (unpaired) electrons. The van der Waals surface area contributed by atoms with Crippen molar-refractivity contribution >= 4 is 11.6 Å². The van der Waals surface area contributed by atoms with E-state index < -0.39 is 0 Å². The second kappa shape index (κ2) is 7.41. The summed E-state index contributed by atoms with van der Waals surface area (Å²) in [4.78, 5) is 8.71. The van der Waals surface area contributed by atoms with E-state index in [0.717, 1.165) is 33.6 Å². The highest BCUT2D eigenvalue weighted by Crippen LogP contribution is 2.27. The minimum atomic E-state index is 0.225. The van der Waals surface area contributed by atoms with Crippen LogP contribution in [0.3, 0.4) is 0 Å². The molecule has 128 valence electrons. The van der Waals surface area contributed by atoms with E-state index in [1.54, 1.807) is 0 Å². The van der Waals surface area contributed by atoms with Crippen LogP contribution in [0.1, 0.15) is 5.56 Å². The summed E-state index contributed by atoms with van der Waals surface area (Å²) in [5, 5.41) is 9.14. The molecule has 4 aromatic rings. The molecule has 4 rings (SSSR count). The van der Waals surface area contributed by atoms with Gasteiger partial charge in [0.15, 0.2) is 0 Å². The molecule has 0 aliphatic heterocycles. The summed E-state index contributed by atoms with van der Waals surface area (Å²) in [7, 11) is 0. The molecule has 0 aliphatic rings. The van der Waals surface area contributed by atoms with Gasteiger partial charge in [0.25, 0.3) is 0 Å². The van der Waals surface area contributed by atoms with Gasteiger partial charge in [-0.05, 0) is 40.9 Å². The second-order valence-electron chi connectivity index (χ2n) is 6.04. The monoisotopic (exact) mass is 367 g/mol. The van der Waals surface area contributed by atoms with Gasteiger partial charge in [-0.15, -0.1) is 0 Å². The summed E-state index contributed by atoms with van der Waals surface area (Å²) in [5.41, 5.74) is 6.32. The average molecular weight is 368 g/mol. The number of nitrogens with zero attached hydrogens (tertiary/aromatic N) is 3. The molecule has 0 aliphatic carbocycles. The Bertz CT molecular complexity index is 1110. The first kappa shape index (κ1) is 17.0. The minimum absolute atomic E-state index is 0.225. The molecule has 0 amide bonds. The van der Waals surface area contributed by atoms with Gasteiger partial charge in [-0.3, -0.25) is 0 Å². The zero-order valence-electron chi connectivity index (χ0n) is 14.3. The van der Waals surface area contributed by atoms with Crippen LogP contribution in [-0.4, -0.2) is 9.97 Å². The Morgan fingerprint density at radius 3 is 1.67 bits per heavy atom. The van der Waals surface area contributed by atoms with Gasteiger partial charge >= 0.3 is 0 Å². The van der Waals surface area contributed by atoms with E-state index >= 15 is 0 Å². The predicted octanol–water partition coefficient (Wildman–Crippen LogP) is 6.00. The zero-order valence-corrected chi connectivity index (χ0v) is 15.1. The van der Waals surface area contributed by atoms with Gasteiger partial charge < -0.3 is 0 Å². The van der Waals surface area contributed by atoms with Crippen molar-refractivity contribution in [3.63, 3.8) is 0 Å². The smallest absolute Gasteiger partial charge is 0.218 e. The molecular weight excluding hydrogens is 354 g/mol. The minimum Gasteiger partial charge on any atom is -0.218 e. The highest BCUT2D eigenvalue weighted by atomic mass is 35.5. The third-order valence-electron chi connectivity index (χ3n) is 4.30. The molecule has 1 aromatic heterocycles. The molecule has 0 saturated carbocycles. The average Bonchev–Trinajstić information content (AvgIpc) is 2.74. The molecule has 0 unspecified atom stereocenters. The molecular formula is C23H14ClN3. The van der Waals surface area contributed by atoms with Crippen molar-refractivity contribution in [1.29, 1.82) is 5.26 Å². The first-order valence-electron chi connectivity index (χ1n) is 8.44. The van der Waals surface area contributed by atoms with Gasteiger partial charge in [0.2, 0.25) is 5.28 Å². The molecule has 0 atom stereocenters. The van der Waals surface area contributed by atoms with Crippen molar-refractivity contribution in [2.75, 3.05) is 0 Å². The van der Waals surface area contributed by atoms with Crippen LogP contribution in [0.15, 0.2) is 84.9 Å². The van der Waals surface area contributed by atoms with E-state index in [4.69, 9.17) is 16.9 Å². The van der Waals surface area contributed by atoms with Crippen LogP contribution >= 0.6 is 11.6 Å². The van der Waals surface area contributed by atoms with Gasteiger partial charge in [0, 0.05) is 11.1 Å².